The van der Waals surface area contributed by atoms with Gasteiger partial charge in [0.15, 0.2) is 0 Å². The second-order valence-electron chi connectivity index (χ2n) is 7.49. The molecule has 3 aliphatic rings. The Labute approximate surface area is 142 Å². The van der Waals surface area contributed by atoms with Crippen molar-refractivity contribution in [1.82, 2.24) is 15.2 Å². The van der Waals surface area contributed by atoms with E-state index < -0.39 is 0 Å². The molecule has 128 valence electrons. The Morgan fingerprint density at radius 2 is 1.62 bits per heavy atom. The molecule has 1 N–H and O–H groups in total. The third-order valence-electron chi connectivity index (χ3n) is 5.97. The maximum atomic E-state index is 12.8. The van der Waals surface area contributed by atoms with Crippen molar-refractivity contribution in [3.05, 3.63) is 30.1 Å². The molecule has 5 nitrogen and oxygen atoms in total. The van der Waals surface area contributed by atoms with Gasteiger partial charge in [-0.1, -0.05) is 12.8 Å². The van der Waals surface area contributed by atoms with Crippen LogP contribution in [0.15, 0.2) is 24.5 Å². The molecule has 0 radical (unpaired) electrons. The predicted octanol–water partition coefficient (Wildman–Crippen LogP) is 2.52. The summed E-state index contributed by atoms with van der Waals surface area (Å²) in [6.45, 7) is 0. The van der Waals surface area contributed by atoms with Gasteiger partial charge in [0.2, 0.25) is 5.91 Å². The molecule has 3 fully saturated rings. The molecule has 0 aromatic carbocycles. The average Bonchev–Trinajstić information content (AvgIpc) is 3.22. The number of pyridine rings is 1. The normalized spacial score (nSPS) is 29.7. The van der Waals surface area contributed by atoms with E-state index in [2.05, 4.69) is 15.2 Å². The summed E-state index contributed by atoms with van der Waals surface area (Å²) < 4.78 is 0. The van der Waals surface area contributed by atoms with Gasteiger partial charge in [-0.05, 0) is 50.7 Å². The molecule has 1 saturated carbocycles. The van der Waals surface area contributed by atoms with Crippen LogP contribution in [0.2, 0.25) is 0 Å². The van der Waals surface area contributed by atoms with Crippen molar-refractivity contribution in [2.24, 2.45) is 5.92 Å². The van der Waals surface area contributed by atoms with Crippen molar-refractivity contribution in [3.63, 3.8) is 0 Å². The Morgan fingerprint density at radius 1 is 1.00 bits per heavy atom. The van der Waals surface area contributed by atoms with Crippen LogP contribution in [0.3, 0.4) is 0 Å². The minimum absolute atomic E-state index is 0.0302. The highest BCUT2D eigenvalue weighted by Gasteiger charge is 2.45. The standard InChI is InChI=1S/C19H25N3O2/c23-18(13-7-9-20-10-8-13)21-15-11-16-5-6-17(12-15)22(16)19(24)14-3-1-2-4-14/h7-10,14-17H,1-6,11-12H2,(H,21,23)/t15?,16-,17+. The number of carbonyl (C=O) groups is 2. The second-order valence-corrected chi connectivity index (χ2v) is 7.49. The zero-order valence-electron chi connectivity index (χ0n) is 14.0. The second kappa shape index (κ2) is 6.54. The SMILES string of the molecule is O=C(NC1C[C@H]2CC[C@@H](C1)N2C(=O)C1CCCC1)c1ccncc1. The van der Waals surface area contributed by atoms with Crippen LogP contribution in [0, 0.1) is 5.92 Å². The van der Waals surface area contributed by atoms with Crippen LogP contribution in [0.5, 0.6) is 0 Å². The number of aromatic nitrogens is 1. The van der Waals surface area contributed by atoms with Gasteiger partial charge in [-0.15, -0.1) is 0 Å². The summed E-state index contributed by atoms with van der Waals surface area (Å²) in [6.07, 6.45) is 11.8. The molecule has 1 unspecified atom stereocenters. The molecule has 5 heteroatoms. The number of nitrogens with one attached hydrogen (secondary N) is 1. The number of hydrogen-bond acceptors (Lipinski definition) is 3. The van der Waals surface area contributed by atoms with Crippen molar-refractivity contribution < 1.29 is 9.59 Å². The summed E-state index contributed by atoms with van der Waals surface area (Å²) in [7, 11) is 0. The lowest BCUT2D eigenvalue weighted by Gasteiger charge is -2.40. The quantitative estimate of drug-likeness (QED) is 0.928. The van der Waals surface area contributed by atoms with E-state index in [1.54, 1.807) is 24.5 Å². The van der Waals surface area contributed by atoms with E-state index in [4.69, 9.17) is 0 Å². The fourth-order valence-corrected chi connectivity index (χ4v) is 4.81. The van der Waals surface area contributed by atoms with Gasteiger partial charge in [-0.25, -0.2) is 0 Å². The van der Waals surface area contributed by atoms with Crippen molar-refractivity contribution in [1.29, 1.82) is 0 Å². The number of rotatable bonds is 3. The molecule has 3 heterocycles. The average molecular weight is 327 g/mol. The number of amides is 2. The first-order chi connectivity index (χ1) is 11.7. The maximum absolute atomic E-state index is 12.8. The third-order valence-corrected chi connectivity index (χ3v) is 5.97. The molecular weight excluding hydrogens is 302 g/mol. The van der Waals surface area contributed by atoms with Crippen LogP contribution in [-0.4, -0.2) is 39.8 Å². The molecule has 2 saturated heterocycles. The molecule has 2 amide bonds. The molecule has 1 aliphatic carbocycles. The first-order valence-electron chi connectivity index (χ1n) is 9.25. The first-order valence-corrected chi connectivity index (χ1v) is 9.25. The minimum Gasteiger partial charge on any atom is -0.349 e. The Morgan fingerprint density at radius 3 is 2.25 bits per heavy atom. The molecule has 2 bridgehead atoms. The highest BCUT2D eigenvalue weighted by Crippen LogP contribution is 2.39. The number of nitrogens with zero attached hydrogens (tertiary/aromatic N) is 2. The van der Waals surface area contributed by atoms with E-state index >= 15 is 0 Å². The Kier molecular flexibility index (Phi) is 4.25. The van der Waals surface area contributed by atoms with Gasteiger partial charge in [0, 0.05) is 42.0 Å². The highest BCUT2D eigenvalue weighted by atomic mass is 16.2. The van der Waals surface area contributed by atoms with E-state index in [0.29, 0.717) is 23.6 Å². The molecule has 4 rings (SSSR count). The molecular formula is C19H25N3O2. The Balaban J connectivity index is 1.39. The fraction of sp³-hybridized carbons (Fsp3) is 0.632. The number of piperidine rings is 1. The van der Waals surface area contributed by atoms with Gasteiger partial charge in [0.05, 0.1) is 0 Å². The molecule has 3 atom stereocenters. The number of fused-ring (bicyclic) bond motifs is 2. The van der Waals surface area contributed by atoms with Gasteiger partial charge in [0.25, 0.3) is 5.91 Å². The van der Waals surface area contributed by atoms with Crippen LogP contribution < -0.4 is 5.32 Å². The zero-order valence-corrected chi connectivity index (χ0v) is 14.0. The zero-order chi connectivity index (χ0) is 16.5. The summed E-state index contributed by atoms with van der Waals surface area (Å²) in [4.78, 5) is 31.3. The largest absolute Gasteiger partial charge is 0.349 e. The minimum atomic E-state index is -0.0302. The van der Waals surface area contributed by atoms with Gasteiger partial charge in [0.1, 0.15) is 0 Å². The molecule has 1 aromatic rings. The summed E-state index contributed by atoms with van der Waals surface area (Å²) in [6, 6.07) is 4.29. The number of hydrogen-bond donors (Lipinski definition) is 1. The monoisotopic (exact) mass is 327 g/mol. The topological polar surface area (TPSA) is 62.3 Å². The van der Waals surface area contributed by atoms with Crippen molar-refractivity contribution >= 4 is 11.8 Å². The predicted molar refractivity (Wildman–Crippen MR) is 90.3 cm³/mol. The Hall–Kier alpha value is -1.91. The van der Waals surface area contributed by atoms with E-state index in [-0.39, 0.29) is 17.9 Å². The first kappa shape index (κ1) is 15.6. The van der Waals surface area contributed by atoms with Crippen LogP contribution in [0.4, 0.5) is 0 Å². The summed E-state index contributed by atoms with van der Waals surface area (Å²) in [5, 5.41) is 3.16. The molecule has 24 heavy (non-hydrogen) atoms. The maximum Gasteiger partial charge on any atom is 0.251 e. The summed E-state index contributed by atoms with van der Waals surface area (Å²) in [5.74, 6) is 0.618. The van der Waals surface area contributed by atoms with E-state index in [0.717, 1.165) is 38.5 Å². The smallest absolute Gasteiger partial charge is 0.251 e. The van der Waals surface area contributed by atoms with Crippen LogP contribution in [0.1, 0.15) is 61.7 Å². The lowest BCUT2D eigenvalue weighted by atomic mass is 9.94. The Bertz CT molecular complexity index is 598. The third kappa shape index (κ3) is 2.92. The van der Waals surface area contributed by atoms with Crippen LogP contribution in [-0.2, 0) is 4.79 Å². The van der Waals surface area contributed by atoms with Crippen LogP contribution in [0.25, 0.3) is 0 Å². The van der Waals surface area contributed by atoms with Gasteiger partial charge in [-0.3, -0.25) is 14.6 Å². The van der Waals surface area contributed by atoms with Gasteiger partial charge in [-0.2, -0.15) is 0 Å². The summed E-state index contributed by atoms with van der Waals surface area (Å²) in [5.41, 5.74) is 0.654. The number of carbonyl (C=O) groups excluding carboxylic acids is 2. The fourth-order valence-electron chi connectivity index (χ4n) is 4.81. The van der Waals surface area contributed by atoms with E-state index in [1.165, 1.54) is 12.8 Å². The van der Waals surface area contributed by atoms with Crippen molar-refractivity contribution in [2.45, 2.75) is 69.5 Å². The molecule has 0 spiro atoms. The van der Waals surface area contributed by atoms with E-state index in [1.807, 2.05) is 0 Å². The van der Waals surface area contributed by atoms with Gasteiger partial charge >= 0.3 is 0 Å². The van der Waals surface area contributed by atoms with Crippen molar-refractivity contribution in [2.75, 3.05) is 0 Å². The molecule has 2 aliphatic heterocycles. The van der Waals surface area contributed by atoms with E-state index in [9.17, 15) is 9.59 Å². The molecule has 1 aromatic heterocycles. The highest BCUT2D eigenvalue weighted by molar-refractivity contribution is 5.94. The van der Waals surface area contributed by atoms with Gasteiger partial charge < -0.3 is 10.2 Å². The summed E-state index contributed by atoms with van der Waals surface area (Å²) >= 11 is 0. The lowest BCUT2D eigenvalue weighted by molar-refractivity contribution is -0.140. The lowest BCUT2D eigenvalue weighted by Crippen LogP contribution is -2.53. The van der Waals surface area contributed by atoms with Crippen LogP contribution >= 0.6 is 0 Å². The van der Waals surface area contributed by atoms with Crippen molar-refractivity contribution in [3.8, 4) is 0 Å².